The molecular formula is C13H16N4O3S. The van der Waals surface area contributed by atoms with Crippen LogP contribution in [-0.2, 0) is 11.3 Å². The number of nitrogens with zero attached hydrogens (tertiary/aromatic N) is 2. The number of methoxy groups -OCH3 is 1. The molecule has 2 rings (SSSR count). The van der Waals surface area contributed by atoms with Crippen LogP contribution in [0.1, 0.15) is 16.1 Å². The van der Waals surface area contributed by atoms with E-state index in [2.05, 4.69) is 20.4 Å². The zero-order valence-corrected chi connectivity index (χ0v) is 12.4. The summed E-state index contributed by atoms with van der Waals surface area (Å²) in [5.74, 6) is -0.458. The van der Waals surface area contributed by atoms with Gasteiger partial charge in [0.05, 0.1) is 19.1 Å². The van der Waals surface area contributed by atoms with Crippen molar-refractivity contribution in [2.24, 2.45) is 0 Å². The summed E-state index contributed by atoms with van der Waals surface area (Å²) in [6, 6.07) is 1.33. The van der Waals surface area contributed by atoms with Crippen LogP contribution in [0.3, 0.4) is 0 Å². The fourth-order valence-electron chi connectivity index (χ4n) is 1.71. The van der Waals surface area contributed by atoms with Crippen LogP contribution in [-0.4, -0.2) is 35.2 Å². The van der Waals surface area contributed by atoms with Gasteiger partial charge in [0.15, 0.2) is 0 Å². The number of imidazole rings is 1. The second-order valence-corrected chi connectivity index (χ2v) is 5.11. The highest BCUT2D eigenvalue weighted by molar-refractivity contribution is 7.12. The Labute approximate surface area is 125 Å². The Morgan fingerprint density at radius 1 is 1.48 bits per heavy atom. The number of carbonyl (C=O) groups excluding carboxylic acids is 2. The summed E-state index contributed by atoms with van der Waals surface area (Å²) in [6.07, 6.45) is 6.10. The fourth-order valence-corrected chi connectivity index (χ4v) is 2.47. The zero-order chi connectivity index (χ0) is 15.1. The van der Waals surface area contributed by atoms with Gasteiger partial charge in [-0.25, -0.2) is 14.6 Å². The van der Waals surface area contributed by atoms with E-state index in [1.54, 1.807) is 24.0 Å². The van der Waals surface area contributed by atoms with E-state index < -0.39 is 5.97 Å². The molecule has 0 unspecified atom stereocenters. The SMILES string of the molecule is COC(=O)c1sccc1NC(=O)NCCCn1ccnc1. The molecule has 0 aliphatic rings. The summed E-state index contributed by atoms with van der Waals surface area (Å²) in [5.41, 5.74) is 0.457. The average Bonchev–Trinajstić information content (AvgIpc) is 3.14. The first-order valence-electron chi connectivity index (χ1n) is 6.37. The highest BCUT2D eigenvalue weighted by Crippen LogP contribution is 2.22. The van der Waals surface area contributed by atoms with Gasteiger partial charge in [-0.05, 0) is 17.9 Å². The van der Waals surface area contributed by atoms with Crippen molar-refractivity contribution < 1.29 is 14.3 Å². The molecule has 112 valence electrons. The minimum absolute atomic E-state index is 0.343. The van der Waals surface area contributed by atoms with Crippen LogP contribution in [0.4, 0.5) is 10.5 Å². The predicted molar refractivity (Wildman–Crippen MR) is 79.5 cm³/mol. The van der Waals surface area contributed by atoms with Gasteiger partial charge in [-0.15, -0.1) is 11.3 Å². The number of hydrogen-bond acceptors (Lipinski definition) is 5. The van der Waals surface area contributed by atoms with Crippen LogP contribution in [0.25, 0.3) is 0 Å². The van der Waals surface area contributed by atoms with Crippen molar-refractivity contribution >= 4 is 29.0 Å². The maximum absolute atomic E-state index is 11.7. The van der Waals surface area contributed by atoms with Gasteiger partial charge < -0.3 is 19.9 Å². The molecule has 0 saturated heterocycles. The van der Waals surface area contributed by atoms with Crippen molar-refractivity contribution in [3.8, 4) is 0 Å². The second-order valence-electron chi connectivity index (χ2n) is 4.19. The Morgan fingerprint density at radius 3 is 3.05 bits per heavy atom. The lowest BCUT2D eigenvalue weighted by Gasteiger charge is -2.08. The van der Waals surface area contributed by atoms with E-state index in [-0.39, 0.29) is 6.03 Å². The first kappa shape index (κ1) is 15.0. The van der Waals surface area contributed by atoms with Gasteiger partial charge in [-0.2, -0.15) is 0 Å². The Kier molecular flexibility index (Phi) is 5.33. The molecule has 0 radical (unpaired) electrons. The molecule has 0 aromatic carbocycles. The van der Waals surface area contributed by atoms with E-state index in [0.29, 0.717) is 17.1 Å². The van der Waals surface area contributed by atoms with Gasteiger partial charge in [0.2, 0.25) is 0 Å². The van der Waals surface area contributed by atoms with Crippen LogP contribution >= 0.6 is 11.3 Å². The topological polar surface area (TPSA) is 85.2 Å². The smallest absolute Gasteiger partial charge is 0.350 e. The Balaban J connectivity index is 1.74. The maximum Gasteiger partial charge on any atom is 0.350 e. The molecule has 2 aromatic heterocycles. The van der Waals surface area contributed by atoms with Crippen molar-refractivity contribution in [3.05, 3.63) is 35.0 Å². The van der Waals surface area contributed by atoms with Gasteiger partial charge in [0, 0.05) is 25.5 Å². The van der Waals surface area contributed by atoms with E-state index in [9.17, 15) is 9.59 Å². The molecule has 2 aromatic rings. The summed E-state index contributed by atoms with van der Waals surface area (Å²) in [6.45, 7) is 1.31. The lowest BCUT2D eigenvalue weighted by atomic mass is 10.4. The van der Waals surface area contributed by atoms with Crippen LogP contribution in [0, 0.1) is 0 Å². The Bertz CT molecular complexity index is 594. The van der Waals surface area contributed by atoms with Crippen molar-refractivity contribution in [1.82, 2.24) is 14.9 Å². The van der Waals surface area contributed by atoms with Crippen molar-refractivity contribution in [1.29, 1.82) is 0 Å². The van der Waals surface area contributed by atoms with Crippen LogP contribution < -0.4 is 10.6 Å². The summed E-state index contributed by atoms with van der Waals surface area (Å²) in [5, 5.41) is 7.10. The van der Waals surface area contributed by atoms with E-state index in [1.807, 2.05) is 10.8 Å². The average molecular weight is 308 g/mol. The summed E-state index contributed by atoms with van der Waals surface area (Å²) in [4.78, 5) is 27.5. The molecule has 2 N–H and O–H groups in total. The predicted octanol–water partition coefficient (Wildman–Crippen LogP) is 1.94. The van der Waals surface area contributed by atoms with Crippen molar-refractivity contribution in [2.75, 3.05) is 19.0 Å². The van der Waals surface area contributed by atoms with Gasteiger partial charge in [-0.1, -0.05) is 0 Å². The van der Waals surface area contributed by atoms with Gasteiger partial charge >= 0.3 is 12.0 Å². The number of hydrogen-bond donors (Lipinski definition) is 2. The molecule has 0 saturated carbocycles. The number of aryl methyl sites for hydroxylation is 1. The monoisotopic (exact) mass is 308 g/mol. The number of thiophene rings is 1. The zero-order valence-electron chi connectivity index (χ0n) is 11.5. The van der Waals surface area contributed by atoms with Crippen LogP contribution in [0.5, 0.6) is 0 Å². The van der Waals surface area contributed by atoms with Gasteiger partial charge in [0.1, 0.15) is 4.88 Å². The van der Waals surface area contributed by atoms with Crippen molar-refractivity contribution in [3.63, 3.8) is 0 Å². The molecule has 21 heavy (non-hydrogen) atoms. The molecule has 0 aliphatic carbocycles. The van der Waals surface area contributed by atoms with Crippen LogP contribution in [0.15, 0.2) is 30.2 Å². The second kappa shape index (κ2) is 7.44. The van der Waals surface area contributed by atoms with Gasteiger partial charge in [-0.3, -0.25) is 0 Å². The standard InChI is InChI=1S/C13H16N4O3S/c1-20-12(18)11-10(3-8-21-11)16-13(19)15-4-2-6-17-7-5-14-9-17/h3,5,7-9H,2,4,6H2,1H3,(H2,15,16,19). The molecule has 0 spiro atoms. The van der Waals surface area contributed by atoms with Crippen LogP contribution in [0.2, 0.25) is 0 Å². The lowest BCUT2D eigenvalue weighted by molar-refractivity contribution is 0.0607. The third-order valence-electron chi connectivity index (χ3n) is 2.72. The first-order valence-corrected chi connectivity index (χ1v) is 7.25. The van der Waals surface area contributed by atoms with E-state index in [4.69, 9.17) is 0 Å². The number of ether oxygens (including phenoxy) is 1. The molecule has 0 atom stereocenters. The lowest BCUT2D eigenvalue weighted by Crippen LogP contribution is -2.30. The molecule has 0 bridgehead atoms. The summed E-state index contributed by atoms with van der Waals surface area (Å²) in [7, 11) is 1.31. The third kappa shape index (κ3) is 4.32. The Hall–Kier alpha value is -2.35. The number of carbonyl (C=O) groups is 2. The number of anilines is 1. The molecule has 2 heterocycles. The summed E-state index contributed by atoms with van der Waals surface area (Å²) >= 11 is 1.22. The summed E-state index contributed by atoms with van der Waals surface area (Å²) < 4.78 is 6.59. The Morgan fingerprint density at radius 2 is 2.33 bits per heavy atom. The van der Waals surface area contributed by atoms with E-state index in [1.165, 1.54) is 18.4 Å². The maximum atomic E-state index is 11.7. The molecule has 7 nitrogen and oxygen atoms in total. The van der Waals surface area contributed by atoms with E-state index >= 15 is 0 Å². The highest BCUT2D eigenvalue weighted by Gasteiger charge is 2.15. The fraction of sp³-hybridized carbons (Fsp3) is 0.308. The number of nitrogens with one attached hydrogen (secondary N) is 2. The molecular weight excluding hydrogens is 292 g/mol. The largest absolute Gasteiger partial charge is 0.465 e. The molecule has 2 amide bonds. The number of rotatable bonds is 6. The highest BCUT2D eigenvalue weighted by atomic mass is 32.1. The quantitative estimate of drug-likeness (QED) is 0.631. The van der Waals surface area contributed by atoms with Gasteiger partial charge in [0.25, 0.3) is 0 Å². The normalized spacial score (nSPS) is 10.1. The molecule has 0 aliphatic heterocycles. The number of amides is 2. The number of urea groups is 1. The molecule has 0 fully saturated rings. The van der Waals surface area contributed by atoms with Crippen molar-refractivity contribution in [2.45, 2.75) is 13.0 Å². The minimum Gasteiger partial charge on any atom is -0.465 e. The first-order chi connectivity index (χ1) is 10.2. The minimum atomic E-state index is -0.458. The number of aromatic nitrogens is 2. The molecule has 8 heteroatoms. The number of esters is 1. The third-order valence-corrected chi connectivity index (χ3v) is 3.62. The van der Waals surface area contributed by atoms with E-state index in [0.717, 1.165) is 13.0 Å².